The maximum absolute atomic E-state index is 13.6. The third-order valence-corrected chi connectivity index (χ3v) is 12.4. The van der Waals surface area contributed by atoms with Crippen LogP contribution in [0.5, 0.6) is 34.5 Å². The molecule has 78 heavy (non-hydrogen) atoms. The maximum Gasteiger partial charge on any atom is 0.193 e. The van der Waals surface area contributed by atoms with E-state index in [2.05, 4.69) is 0 Å². The molecule has 0 unspecified atom stereocenters. The molecule has 0 atom stereocenters. The van der Waals surface area contributed by atoms with Crippen LogP contribution >= 0.6 is 0 Å². The summed E-state index contributed by atoms with van der Waals surface area (Å²) < 4.78 is 59.4. The lowest BCUT2D eigenvalue weighted by atomic mass is 9.97. The first-order valence-corrected chi connectivity index (χ1v) is 24.1. The van der Waals surface area contributed by atoms with Crippen LogP contribution < -0.4 is 14.2 Å². The molecule has 10 rings (SSSR count). The van der Waals surface area contributed by atoms with E-state index in [1.165, 1.54) is 91.0 Å². The molecule has 0 aliphatic rings. The molecule has 0 heterocycles. The molecule has 10 aromatic carbocycles. The Morgan fingerprint density at radius 2 is 0.385 bits per heavy atom. The van der Waals surface area contributed by atoms with E-state index >= 15 is 0 Å². The van der Waals surface area contributed by atoms with Crippen LogP contribution in [-0.2, 0) is 0 Å². The van der Waals surface area contributed by atoms with Crippen LogP contribution in [-0.4, -0.2) is 34.7 Å². The van der Waals surface area contributed by atoms with Gasteiger partial charge in [0.2, 0.25) is 0 Å². The first-order valence-electron chi connectivity index (χ1n) is 24.1. The minimum Gasteiger partial charge on any atom is -0.457 e. The quantitative estimate of drug-likeness (QED) is 0.0771. The van der Waals surface area contributed by atoms with Gasteiger partial charge in [0.05, 0.1) is 0 Å². The summed E-state index contributed by atoms with van der Waals surface area (Å²) in [5, 5.41) is 0. The van der Waals surface area contributed by atoms with Crippen molar-refractivity contribution in [1.29, 1.82) is 0 Å². The normalized spacial score (nSPS) is 10.8. The van der Waals surface area contributed by atoms with Crippen LogP contribution in [0.15, 0.2) is 237 Å². The highest BCUT2D eigenvalue weighted by Crippen LogP contribution is 2.36. The number of hydrogen-bond donors (Lipinski definition) is 0. The van der Waals surface area contributed by atoms with Crippen molar-refractivity contribution >= 4 is 34.7 Å². The fourth-order valence-corrected chi connectivity index (χ4v) is 8.36. The minimum atomic E-state index is -0.474. The topological polar surface area (TPSA) is 130 Å². The lowest BCUT2D eigenvalue weighted by Gasteiger charge is -2.14. The fraction of sp³-hybridized carbons (Fsp3) is 0. The standard InChI is InChI=1S/C66H39F3O9/c67-52-22-10-40(11-23-52)61(70)46-4-1-7-49(34-46)64(73)43-16-28-55(29-17-43)76-58-37-59(77-56-30-18-44(19-31-56)65(74)50-8-2-5-47(35-50)62(71)41-12-24-53(68)25-13-41)39-60(38-58)78-57-32-20-45(21-33-57)66(75)51-9-3-6-48(36-51)63(72)42-14-26-54(69)27-15-42/h1-39H. The summed E-state index contributed by atoms with van der Waals surface area (Å²) >= 11 is 0. The van der Waals surface area contributed by atoms with Crippen LogP contribution in [0, 0.1) is 17.5 Å². The van der Waals surface area contributed by atoms with Gasteiger partial charge in [-0.15, -0.1) is 0 Å². The van der Waals surface area contributed by atoms with Crippen molar-refractivity contribution in [2.75, 3.05) is 0 Å². The molecule has 0 aliphatic heterocycles. The zero-order valence-electron chi connectivity index (χ0n) is 40.8. The Kier molecular flexibility index (Phi) is 14.7. The van der Waals surface area contributed by atoms with Crippen molar-refractivity contribution in [3.63, 3.8) is 0 Å². The minimum absolute atomic E-state index is 0.261. The maximum atomic E-state index is 13.6. The van der Waals surface area contributed by atoms with Gasteiger partial charge in [0, 0.05) is 85.0 Å². The first kappa shape index (κ1) is 50.9. The Bertz CT molecular complexity index is 3510. The van der Waals surface area contributed by atoms with Gasteiger partial charge in [-0.25, -0.2) is 13.2 Å². The molecule has 0 bridgehead atoms. The van der Waals surface area contributed by atoms with E-state index < -0.39 is 17.5 Å². The Labute approximate surface area is 444 Å². The Balaban J connectivity index is 0.876. The molecular weight excluding hydrogens is 994 g/mol. The molecular formula is C66H39F3O9. The van der Waals surface area contributed by atoms with Crippen molar-refractivity contribution in [2.45, 2.75) is 0 Å². The van der Waals surface area contributed by atoms with Crippen LogP contribution in [0.4, 0.5) is 13.2 Å². The zero-order chi connectivity index (χ0) is 54.3. The van der Waals surface area contributed by atoms with Gasteiger partial charge in [0.1, 0.15) is 51.9 Å². The molecule has 0 aromatic heterocycles. The second-order valence-electron chi connectivity index (χ2n) is 17.8. The highest BCUT2D eigenvalue weighted by molar-refractivity contribution is 6.15. The summed E-state index contributed by atoms with van der Waals surface area (Å²) in [4.78, 5) is 80.3. The van der Waals surface area contributed by atoms with Crippen molar-refractivity contribution < 1.29 is 56.1 Å². The smallest absolute Gasteiger partial charge is 0.193 e. The number of ether oxygens (including phenoxy) is 3. The summed E-state index contributed by atoms with van der Waals surface area (Å²) in [6, 6.07) is 58.2. The summed E-state index contributed by atoms with van der Waals surface area (Å²) in [6.45, 7) is 0. The predicted octanol–water partition coefficient (Wildman–Crippen LogP) is 14.9. The number of hydrogen-bond acceptors (Lipinski definition) is 9. The molecule has 0 saturated carbocycles. The Morgan fingerprint density at radius 3 is 0.577 bits per heavy atom. The van der Waals surface area contributed by atoms with Gasteiger partial charge in [0.15, 0.2) is 34.7 Å². The van der Waals surface area contributed by atoms with E-state index in [4.69, 9.17) is 14.2 Å². The van der Waals surface area contributed by atoms with Gasteiger partial charge < -0.3 is 14.2 Å². The van der Waals surface area contributed by atoms with Gasteiger partial charge in [-0.2, -0.15) is 0 Å². The molecule has 0 spiro atoms. The molecule has 0 N–H and O–H groups in total. The number of ketones is 6. The highest BCUT2D eigenvalue weighted by Gasteiger charge is 2.19. The molecule has 10 aromatic rings. The lowest BCUT2D eigenvalue weighted by molar-refractivity contribution is 0.102. The number of carbonyl (C=O) groups excluding carboxylic acids is 6. The Hall–Kier alpha value is -10.6. The third kappa shape index (κ3) is 11.8. The zero-order valence-corrected chi connectivity index (χ0v) is 40.8. The fourth-order valence-electron chi connectivity index (χ4n) is 8.36. The molecule has 12 heteroatoms. The average Bonchev–Trinajstić information content (AvgIpc) is 3.48. The van der Waals surface area contributed by atoms with E-state index in [-0.39, 0.29) is 102 Å². The number of rotatable bonds is 18. The second-order valence-corrected chi connectivity index (χ2v) is 17.8. The summed E-state index contributed by atoms with van der Waals surface area (Å²) in [5.41, 5.74) is 3.39. The molecule has 0 fully saturated rings. The van der Waals surface area contributed by atoms with Crippen molar-refractivity contribution in [3.05, 3.63) is 321 Å². The van der Waals surface area contributed by atoms with Crippen molar-refractivity contribution in [2.24, 2.45) is 0 Å². The Morgan fingerprint density at radius 1 is 0.205 bits per heavy atom. The molecule has 0 saturated heterocycles. The van der Waals surface area contributed by atoms with E-state index in [9.17, 15) is 41.9 Å². The van der Waals surface area contributed by atoms with Crippen molar-refractivity contribution in [1.82, 2.24) is 0 Å². The molecule has 0 radical (unpaired) electrons. The molecule has 0 amide bonds. The number of carbonyl (C=O) groups is 6. The van der Waals surface area contributed by atoms with Gasteiger partial charge in [-0.05, 0) is 164 Å². The predicted molar refractivity (Wildman–Crippen MR) is 285 cm³/mol. The van der Waals surface area contributed by atoms with E-state index in [0.29, 0.717) is 33.9 Å². The van der Waals surface area contributed by atoms with Crippen LogP contribution in [0.25, 0.3) is 0 Å². The number of benzene rings is 10. The second kappa shape index (κ2) is 22.5. The summed E-state index contributed by atoms with van der Waals surface area (Å²) in [7, 11) is 0. The first-order chi connectivity index (χ1) is 37.8. The monoisotopic (exact) mass is 1030 g/mol. The van der Waals surface area contributed by atoms with Gasteiger partial charge in [0.25, 0.3) is 0 Å². The lowest BCUT2D eigenvalue weighted by Crippen LogP contribution is -2.06. The molecule has 9 nitrogen and oxygen atoms in total. The molecule has 0 aliphatic carbocycles. The van der Waals surface area contributed by atoms with Crippen LogP contribution in [0.3, 0.4) is 0 Å². The van der Waals surface area contributed by atoms with E-state index in [1.807, 2.05) is 0 Å². The van der Waals surface area contributed by atoms with Gasteiger partial charge >= 0.3 is 0 Å². The van der Waals surface area contributed by atoms with Gasteiger partial charge in [-0.3, -0.25) is 28.8 Å². The highest BCUT2D eigenvalue weighted by atomic mass is 19.1. The third-order valence-electron chi connectivity index (χ3n) is 12.4. The average molecular weight is 1030 g/mol. The van der Waals surface area contributed by atoms with E-state index in [0.717, 1.165) is 0 Å². The van der Waals surface area contributed by atoms with Crippen LogP contribution in [0.1, 0.15) is 95.5 Å². The SMILES string of the molecule is O=C(c1ccc(F)cc1)c1cccc(C(=O)c2ccc(Oc3cc(Oc4ccc(C(=O)c5cccc(C(=O)c6ccc(F)cc6)c5)cc4)cc(Oc4ccc(C(=O)c5cccc(C(=O)c6ccc(F)cc6)c5)cc4)c3)cc2)c1. The van der Waals surface area contributed by atoms with Crippen molar-refractivity contribution in [3.8, 4) is 34.5 Å². The largest absolute Gasteiger partial charge is 0.457 e. The summed E-state index contributed by atoms with van der Waals surface area (Å²) in [6.07, 6.45) is 0. The van der Waals surface area contributed by atoms with Gasteiger partial charge in [-0.1, -0.05) is 54.6 Å². The molecule has 378 valence electrons. The van der Waals surface area contributed by atoms with Crippen LogP contribution in [0.2, 0.25) is 0 Å². The number of halogens is 3. The summed E-state index contributed by atoms with van der Waals surface area (Å²) in [5.74, 6) is -1.75. The van der Waals surface area contributed by atoms with E-state index in [1.54, 1.807) is 146 Å².